The van der Waals surface area contributed by atoms with E-state index >= 15 is 0 Å². The summed E-state index contributed by atoms with van der Waals surface area (Å²) in [5.41, 5.74) is 2.74. The van der Waals surface area contributed by atoms with Gasteiger partial charge in [0.1, 0.15) is 6.61 Å². The average molecular weight is 583 g/mol. The first-order valence-corrected chi connectivity index (χ1v) is 14.6. The lowest BCUT2D eigenvalue weighted by Crippen LogP contribution is -2.40. The molecule has 3 atom stereocenters. The van der Waals surface area contributed by atoms with Crippen LogP contribution in [0.4, 0.5) is 0 Å². The van der Waals surface area contributed by atoms with E-state index < -0.39 is 17.9 Å². The van der Waals surface area contributed by atoms with Crippen molar-refractivity contribution in [2.24, 2.45) is 11.8 Å². The van der Waals surface area contributed by atoms with E-state index in [1.54, 1.807) is 17.1 Å². The lowest BCUT2D eigenvalue weighted by molar-refractivity contribution is -0.150. The normalized spacial score (nSPS) is 12.8. The Bertz CT molecular complexity index is 1300. The lowest BCUT2D eigenvalue weighted by Gasteiger charge is -2.26. The number of carbonyl (C=O) groups is 3. The molecule has 0 aromatic heterocycles. The van der Waals surface area contributed by atoms with Gasteiger partial charge < -0.3 is 20.1 Å². The molecule has 0 radical (unpaired) electrons. The van der Waals surface area contributed by atoms with Crippen LogP contribution in [0, 0.1) is 11.8 Å². The van der Waals surface area contributed by atoms with Crippen LogP contribution in [0.1, 0.15) is 42.0 Å². The second-order valence-corrected chi connectivity index (χ2v) is 10.5. The molecular weight excluding hydrogens is 540 g/mol. The summed E-state index contributed by atoms with van der Waals surface area (Å²) in [7, 11) is 0. The van der Waals surface area contributed by atoms with Crippen LogP contribution in [0.3, 0.4) is 0 Å². The van der Waals surface area contributed by atoms with E-state index in [2.05, 4.69) is 18.5 Å². The summed E-state index contributed by atoms with van der Waals surface area (Å²) in [6.45, 7) is 7.83. The number of benzene rings is 3. The van der Waals surface area contributed by atoms with Crippen molar-refractivity contribution in [1.82, 2.24) is 10.2 Å². The molecular formula is C36H42N2O5. The van der Waals surface area contributed by atoms with Crippen molar-refractivity contribution in [3.05, 3.63) is 133 Å². The fourth-order valence-electron chi connectivity index (χ4n) is 4.88. The van der Waals surface area contributed by atoms with Crippen LogP contribution >= 0.6 is 0 Å². The van der Waals surface area contributed by atoms with Crippen molar-refractivity contribution >= 4 is 17.8 Å². The summed E-state index contributed by atoms with van der Waals surface area (Å²) in [4.78, 5) is 41.6. The van der Waals surface area contributed by atoms with Crippen molar-refractivity contribution in [2.75, 3.05) is 19.8 Å². The Morgan fingerprint density at radius 1 is 0.814 bits per heavy atom. The van der Waals surface area contributed by atoms with Gasteiger partial charge in [0.05, 0.1) is 24.5 Å². The standard InChI is InChI=1S/C36H42N2O5/c1-3-14-31(25-34(40)38(22-23-39)26-29-18-10-6-11-19-29)35(41)37-33(30-20-12-7-13-21-30)27-43-36(42)32(15-4-2)24-28-16-8-5-9-17-28/h3-13,16-21,31-33,39H,1-2,14-15,22-27H2,(H,37,41)/t31-,32-,33+/m1/s1. The highest BCUT2D eigenvalue weighted by Crippen LogP contribution is 2.21. The Balaban J connectivity index is 1.71. The van der Waals surface area contributed by atoms with Crippen LogP contribution in [0.25, 0.3) is 0 Å². The summed E-state index contributed by atoms with van der Waals surface area (Å²) < 4.78 is 5.78. The Labute approximate surface area is 254 Å². The van der Waals surface area contributed by atoms with Crippen molar-refractivity contribution in [3.8, 4) is 0 Å². The van der Waals surface area contributed by atoms with E-state index in [1.165, 1.54) is 0 Å². The molecule has 226 valence electrons. The lowest BCUT2D eigenvalue weighted by atomic mass is 9.96. The van der Waals surface area contributed by atoms with Gasteiger partial charge in [0.25, 0.3) is 0 Å². The third kappa shape index (κ3) is 11.0. The van der Waals surface area contributed by atoms with Crippen molar-refractivity contribution < 1.29 is 24.2 Å². The molecule has 7 heteroatoms. The molecule has 2 N–H and O–H groups in total. The van der Waals surface area contributed by atoms with E-state index in [-0.39, 0.29) is 50.4 Å². The molecule has 0 saturated carbocycles. The van der Waals surface area contributed by atoms with Gasteiger partial charge in [-0.1, -0.05) is 103 Å². The number of nitrogens with zero attached hydrogens (tertiary/aromatic N) is 1. The maximum atomic E-state index is 13.6. The number of nitrogens with one attached hydrogen (secondary N) is 1. The van der Waals surface area contributed by atoms with Crippen molar-refractivity contribution in [1.29, 1.82) is 0 Å². The maximum Gasteiger partial charge on any atom is 0.309 e. The Hall–Kier alpha value is -4.49. The van der Waals surface area contributed by atoms with Gasteiger partial charge >= 0.3 is 5.97 Å². The second-order valence-electron chi connectivity index (χ2n) is 10.5. The molecule has 3 rings (SSSR count). The van der Waals surface area contributed by atoms with E-state index in [0.29, 0.717) is 19.4 Å². The molecule has 0 aliphatic heterocycles. The van der Waals surface area contributed by atoms with Gasteiger partial charge in [-0.05, 0) is 36.0 Å². The van der Waals surface area contributed by atoms with Gasteiger partial charge in [-0.2, -0.15) is 0 Å². The summed E-state index contributed by atoms with van der Waals surface area (Å²) in [5, 5.41) is 12.6. The highest BCUT2D eigenvalue weighted by atomic mass is 16.5. The largest absolute Gasteiger partial charge is 0.463 e. The molecule has 0 aliphatic rings. The van der Waals surface area contributed by atoms with Crippen LogP contribution < -0.4 is 5.32 Å². The quantitative estimate of drug-likeness (QED) is 0.154. The minimum absolute atomic E-state index is 0.0511. The molecule has 0 fully saturated rings. The number of carbonyl (C=O) groups excluding carboxylic acids is 3. The Morgan fingerprint density at radius 2 is 1.37 bits per heavy atom. The Kier molecular flexibility index (Phi) is 13.9. The third-order valence-corrected chi connectivity index (χ3v) is 7.20. The van der Waals surface area contributed by atoms with Gasteiger partial charge in [0.2, 0.25) is 11.8 Å². The van der Waals surface area contributed by atoms with Crippen LogP contribution in [0.5, 0.6) is 0 Å². The Morgan fingerprint density at radius 3 is 1.95 bits per heavy atom. The molecule has 7 nitrogen and oxygen atoms in total. The molecule has 0 bridgehead atoms. The third-order valence-electron chi connectivity index (χ3n) is 7.20. The monoisotopic (exact) mass is 582 g/mol. The minimum atomic E-state index is -0.685. The topological polar surface area (TPSA) is 95.9 Å². The SMILES string of the molecule is C=CC[C@H](CC(=O)N(CCO)Cc1ccccc1)C(=O)N[C@@H](COC(=O)[C@H](CC=C)Cc1ccccc1)c1ccccc1. The summed E-state index contributed by atoms with van der Waals surface area (Å²) >= 11 is 0. The smallest absolute Gasteiger partial charge is 0.309 e. The first-order valence-electron chi connectivity index (χ1n) is 14.6. The molecule has 0 heterocycles. The number of aliphatic hydroxyl groups excluding tert-OH is 1. The molecule has 0 aliphatic carbocycles. The summed E-state index contributed by atoms with van der Waals surface area (Å²) in [6, 6.07) is 27.9. The van der Waals surface area contributed by atoms with Gasteiger partial charge in [-0.3, -0.25) is 14.4 Å². The van der Waals surface area contributed by atoms with Gasteiger partial charge in [-0.15, -0.1) is 13.2 Å². The molecule has 43 heavy (non-hydrogen) atoms. The van der Waals surface area contributed by atoms with E-state index in [9.17, 15) is 19.5 Å². The van der Waals surface area contributed by atoms with E-state index in [4.69, 9.17) is 4.74 Å². The molecule has 2 amide bonds. The number of aliphatic hydroxyl groups is 1. The number of amides is 2. The molecule has 3 aromatic carbocycles. The predicted octanol–water partition coefficient (Wildman–Crippen LogP) is 5.43. The van der Waals surface area contributed by atoms with Gasteiger partial charge in [0, 0.05) is 19.5 Å². The number of hydrogen-bond donors (Lipinski definition) is 2. The molecule has 3 aromatic rings. The van der Waals surface area contributed by atoms with Gasteiger partial charge in [-0.25, -0.2) is 0 Å². The highest BCUT2D eigenvalue weighted by molar-refractivity contribution is 5.86. The number of rotatable bonds is 18. The molecule has 0 unspecified atom stereocenters. The fraction of sp³-hybridized carbons (Fsp3) is 0.306. The summed E-state index contributed by atoms with van der Waals surface area (Å²) in [6.07, 6.45) is 4.55. The van der Waals surface area contributed by atoms with E-state index in [0.717, 1.165) is 16.7 Å². The first-order chi connectivity index (χ1) is 20.9. The minimum Gasteiger partial charge on any atom is -0.463 e. The molecule has 0 spiro atoms. The number of ether oxygens (including phenoxy) is 1. The first kappa shape index (κ1) is 33.0. The zero-order chi connectivity index (χ0) is 30.9. The zero-order valence-electron chi connectivity index (χ0n) is 24.6. The number of hydrogen-bond acceptors (Lipinski definition) is 5. The average Bonchev–Trinajstić information content (AvgIpc) is 3.03. The van der Waals surface area contributed by atoms with Crippen LogP contribution in [0.2, 0.25) is 0 Å². The predicted molar refractivity (Wildman–Crippen MR) is 169 cm³/mol. The van der Waals surface area contributed by atoms with Gasteiger partial charge in [0.15, 0.2) is 0 Å². The van der Waals surface area contributed by atoms with Crippen molar-refractivity contribution in [2.45, 2.75) is 38.3 Å². The fourth-order valence-corrected chi connectivity index (χ4v) is 4.88. The van der Waals surface area contributed by atoms with Crippen LogP contribution in [0.15, 0.2) is 116 Å². The summed E-state index contributed by atoms with van der Waals surface area (Å²) in [5.74, 6) is -2.03. The van der Waals surface area contributed by atoms with Crippen molar-refractivity contribution in [3.63, 3.8) is 0 Å². The van der Waals surface area contributed by atoms with Crippen LogP contribution in [-0.4, -0.2) is 47.5 Å². The second kappa shape index (κ2) is 18.1. The van der Waals surface area contributed by atoms with Crippen LogP contribution in [-0.2, 0) is 32.1 Å². The molecule has 0 saturated heterocycles. The number of esters is 1. The van der Waals surface area contributed by atoms with E-state index in [1.807, 2.05) is 91.0 Å². The number of allylic oxidation sites excluding steroid dienone is 2. The maximum absolute atomic E-state index is 13.6. The zero-order valence-corrected chi connectivity index (χ0v) is 24.6. The highest BCUT2D eigenvalue weighted by Gasteiger charge is 2.28.